The molecule has 2 aromatic carbocycles. The Morgan fingerprint density at radius 2 is 1.70 bits per heavy atom. The van der Waals surface area contributed by atoms with Crippen LogP contribution in [0.15, 0.2) is 53.4 Å². The van der Waals surface area contributed by atoms with E-state index in [0.717, 1.165) is 48.2 Å². The van der Waals surface area contributed by atoms with Gasteiger partial charge in [0.1, 0.15) is 6.61 Å². The number of nitrogens with zero attached hydrogens (tertiary/aromatic N) is 3. The third-order valence-electron chi connectivity index (χ3n) is 7.52. The molecule has 196 valence electrons. The molecule has 37 heavy (non-hydrogen) atoms. The van der Waals surface area contributed by atoms with Crippen molar-refractivity contribution in [3.05, 3.63) is 65.2 Å². The smallest absolute Gasteiger partial charge is 0.264 e. The van der Waals surface area contributed by atoms with E-state index < -0.39 is 10.0 Å². The zero-order valence-corrected chi connectivity index (χ0v) is 22.7. The van der Waals surface area contributed by atoms with Gasteiger partial charge in [0, 0.05) is 37.3 Å². The van der Waals surface area contributed by atoms with E-state index in [1.807, 2.05) is 44.2 Å². The van der Waals surface area contributed by atoms with E-state index >= 15 is 0 Å². The Hall–Kier alpha value is -3.01. The number of likely N-dealkylation sites (tertiary alicyclic amines) is 1. The third kappa shape index (κ3) is 5.49. The quantitative estimate of drug-likeness (QED) is 0.519. The highest BCUT2D eigenvalue weighted by Gasteiger charge is 2.36. The van der Waals surface area contributed by atoms with Gasteiger partial charge in [0.25, 0.3) is 10.0 Å². The number of nitrogens with one attached hydrogen (secondary N) is 2. The Labute approximate surface area is 219 Å². The normalized spacial score (nSPS) is 19.3. The Morgan fingerprint density at radius 1 is 1.00 bits per heavy atom. The van der Waals surface area contributed by atoms with Gasteiger partial charge in [-0.15, -0.1) is 0 Å². The summed E-state index contributed by atoms with van der Waals surface area (Å²) >= 11 is 0. The second-order valence-electron chi connectivity index (χ2n) is 10.5. The number of hydrogen-bond donors (Lipinski definition) is 2. The molecule has 0 radical (unpaired) electrons. The molecule has 0 saturated carbocycles. The molecule has 1 spiro atoms. The maximum Gasteiger partial charge on any atom is 0.264 e. The summed E-state index contributed by atoms with van der Waals surface area (Å²) in [5.74, 6) is 0.347. The van der Waals surface area contributed by atoms with Gasteiger partial charge < -0.3 is 15.0 Å². The van der Waals surface area contributed by atoms with Crippen molar-refractivity contribution in [3.63, 3.8) is 0 Å². The zero-order chi connectivity index (χ0) is 26.2. The lowest BCUT2D eigenvalue weighted by atomic mass is 9.87. The molecule has 9 heteroatoms. The van der Waals surface area contributed by atoms with Crippen LogP contribution in [0.25, 0.3) is 11.3 Å². The molecule has 0 aliphatic carbocycles. The lowest BCUT2D eigenvalue weighted by molar-refractivity contribution is 0.0709. The van der Waals surface area contributed by atoms with E-state index in [1.54, 1.807) is 18.2 Å². The van der Waals surface area contributed by atoms with Crippen LogP contribution in [0.3, 0.4) is 0 Å². The number of benzene rings is 2. The molecule has 0 atom stereocenters. The first kappa shape index (κ1) is 25.6. The number of sulfonamides is 1. The van der Waals surface area contributed by atoms with Crippen LogP contribution >= 0.6 is 0 Å². The molecular formula is C28H35N5O3S. The minimum Gasteiger partial charge on any atom is -0.476 e. The highest BCUT2D eigenvalue weighted by molar-refractivity contribution is 7.92. The molecule has 1 saturated heterocycles. The van der Waals surface area contributed by atoms with Crippen LogP contribution in [-0.4, -0.2) is 54.6 Å². The summed E-state index contributed by atoms with van der Waals surface area (Å²) in [5.41, 5.74) is 4.30. The Bertz CT molecular complexity index is 1380. The van der Waals surface area contributed by atoms with Crippen LogP contribution in [-0.2, 0) is 16.6 Å². The first-order chi connectivity index (χ1) is 17.6. The van der Waals surface area contributed by atoms with E-state index in [0.29, 0.717) is 30.8 Å². The van der Waals surface area contributed by atoms with Crippen molar-refractivity contribution in [2.45, 2.75) is 63.6 Å². The molecule has 3 aromatic rings. The second kappa shape index (κ2) is 10.0. The number of anilines is 1. The summed E-state index contributed by atoms with van der Waals surface area (Å²) in [6, 6.07) is 15.4. The second-order valence-corrected chi connectivity index (χ2v) is 12.2. The SMILES string of the molecule is Cc1cccc(C)c1-c1cc2nc(n1)NS(=O)(=O)c1cccc(c1)CNC1(CCN(C(C)C)CC1)CO2. The van der Waals surface area contributed by atoms with Crippen molar-refractivity contribution in [1.82, 2.24) is 20.2 Å². The zero-order valence-electron chi connectivity index (χ0n) is 21.9. The molecule has 1 fully saturated rings. The Kier molecular flexibility index (Phi) is 6.95. The van der Waals surface area contributed by atoms with Gasteiger partial charge >= 0.3 is 0 Å². The minimum absolute atomic E-state index is 0.00330. The van der Waals surface area contributed by atoms with Crippen LogP contribution in [0.5, 0.6) is 5.88 Å². The van der Waals surface area contributed by atoms with Gasteiger partial charge in [-0.25, -0.2) is 18.1 Å². The summed E-state index contributed by atoms with van der Waals surface area (Å²) in [4.78, 5) is 11.7. The number of fused-ring (bicyclic) bond motifs is 4. The highest BCUT2D eigenvalue weighted by Crippen LogP contribution is 2.31. The molecule has 0 unspecified atom stereocenters. The summed E-state index contributed by atoms with van der Waals surface area (Å²) in [5, 5.41) is 3.73. The molecule has 5 rings (SSSR count). The molecule has 2 aliphatic heterocycles. The van der Waals surface area contributed by atoms with Crippen molar-refractivity contribution in [2.24, 2.45) is 0 Å². The van der Waals surface area contributed by atoms with Crippen molar-refractivity contribution in [1.29, 1.82) is 0 Å². The summed E-state index contributed by atoms with van der Waals surface area (Å²) in [6.07, 6.45) is 1.84. The lowest BCUT2D eigenvalue weighted by Gasteiger charge is -2.43. The van der Waals surface area contributed by atoms with Gasteiger partial charge in [-0.3, -0.25) is 0 Å². The molecule has 1 aromatic heterocycles. The molecule has 3 heterocycles. The summed E-state index contributed by atoms with van der Waals surface area (Å²) in [7, 11) is -3.89. The fourth-order valence-electron chi connectivity index (χ4n) is 5.24. The Balaban J connectivity index is 1.59. The van der Waals surface area contributed by atoms with E-state index in [4.69, 9.17) is 4.74 Å². The van der Waals surface area contributed by atoms with Gasteiger partial charge in [0.15, 0.2) is 0 Å². The van der Waals surface area contributed by atoms with Gasteiger partial charge in [0.2, 0.25) is 11.8 Å². The van der Waals surface area contributed by atoms with E-state index in [2.05, 4.69) is 38.8 Å². The molecule has 4 bridgehead atoms. The average molecular weight is 522 g/mol. The van der Waals surface area contributed by atoms with Gasteiger partial charge in [-0.1, -0.05) is 30.3 Å². The standard InChI is InChI=1S/C28H35N5O3S/c1-19(2)33-13-11-28(12-14-33)18-36-25-16-24(26-20(3)7-5-8-21(26)4)30-27(31-25)32-37(34,35)23-10-6-9-22(15-23)17-29-28/h5-10,15-16,19,29H,11-14,17-18H2,1-4H3,(H,30,31,32). The van der Waals surface area contributed by atoms with Gasteiger partial charge in [-0.05, 0) is 69.4 Å². The largest absolute Gasteiger partial charge is 0.476 e. The predicted octanol–water partition coefficient (Wildman–Crippen LogP) is 4.29. The van der Waals surface area contributed by atoms with Crippen molar-refractivity contribution in [3.8, 4) is 17.1 Å². The van der Waals surface area contributed by atoms with Crippen LogP contribution in [0, 0.1) is 13.8 Å². The first-order valence-electron chi connectivity index (χ1n) is 12.8. The first-order valence-corrected chi connectivity index (χ1v) is 14.3. The average Bonchev–Trinajstić information content (AvgIpc) is 2.86. The summed E-state index contributed by atoms with van der Waals surface area (Å²) in [6.45, 7) is 11.4. The fraction of sp³-hybridized carbons (Fsp3) is 0.429. The molecule has 0 amide bonds. The monoisotopic (exact) mass is 521 g/mol. The minimum atomic E-state index is -3.89. The third-order valence-corrected chi connectivity index (χ3v) is 8.85. The molecule has 2 aliphatic rings. The number of hydrogen-bond acceptors (Lipinski definition) is 7. The maximum atomic E-state index is 13.3. The predicted molar refractivity (Wildman–Crippen MR) is 145 cm³/mol. The van der Waals surface area contributed by atoms with Gasteiger partial charge in [-0.2, -0.15) is 4.98 Å². The van der Waals surface area contributed by atoms with Crippen LogP contribution in [0.2, 0.25) is 0 Å². The van der Waals surface area contributed by atoms with Crippen LogP contribution in [0.4, 0.5) is 5.95 Å². The van der Waals surface area contributed by atoms with E-state index in [9.17, 15) is 8.42 Å². The summed E-state index contributed by atoms with van der Waals surface area (Å²) < 4.78 is 35.5. The highest BCUT2D eigenvalue weighted by atomic mass is 32.2. The van der Waals surface area contributed by atoms with Gasteiger partial charge in [0.05, 0.1) is 16.1 Å². The van der Waals surface area contributed by atoms with Crippen molar-refractivity contribution >= 4 is 16.0 Å². The van der Waals surface area contributed by atoms with Crippen molar-refractivity contribution < 1.29 is 13.2 Å². The molecular weight excluding hydrogens is 486 g/mol. The number of ether oxygens (including phenoxy) is 1. The van der Waals surface area contributed by atoms with Crippen molar-refractivity contribution in [2.75, 3.05) is 24.4 Å². The fourth-order valence-corrected chi connectivity index (χ4v) is 6.25. The molecule has 8 nitrogen and oxygen atoms in total. The van der Waals surface area contributed by atoms with Crippen LogP contribution in [0.1, 0.15) is 43.4 Å². The maximum absolute atomic E-state index is 13.3. The number of aromatic nitrogens is 2. The van der Waals surface area contributed by atoms with E-state index in [1.165, 1.54) is 0 Å². The lowest BCUT2D eigenvalue weighted by Crippen LogP contribution is -2.57. The van der Waals surface area contributed by atoms with E-state index in [-0.39, 0.29) is 16.4 Å². The molecule has 2 N–H and O–H groups in total. The number of piperidine rings is 1. The number of rotatable bonds is 2. The van der Waals surface area contributed by atoms with Crippen LogP contribution < -0.4 is 14.8 Å². The Morgan fingerprint density at radius 3 is 2.41 bits per heavy atom. The topological polar surface area (TPSA) is 96.5 Å². The number of aryl methyl sites for hydroxylation is 2.